The van der Waals surface area contributed by atoms with E-state index in [9.17, 15) is 19.7 Å². The number of nitrogens with one attached hydrogen (secondary N) is 1. The average molecular weight is 412 g/mol. The molecule has 4 rings (SSSR count). The van der Waals surface area contributed by atoms with Crippen LogP contribution in [0.5, 0.6) is 0 Å². The van der Waals surface area contributed by atoms with E-state index in [-0.39, 0.29) is 24.2 Å². The summed E-state index contributed by atoms with van der Waals surface area (Å²) in [5, 5.41) is 14.3. The van der Waals surface area contributed by atoms with E-state index in [1.807, 2.05) is 0 Å². The quantitative estimate of drug-likeness (QED) is 0.449. The third-order valence-electron chi connectivity index (χ3n) is 5.86. The molecule has 1 N–H and O–H groups in total. The summed E-state index contributed by atoms with van der Waals surface area (Å²) in [5.74, 6) is -1.11. The number of esters is 1. The van der Waals surface area contributed by atoms with Crippen molar-refractivity contribution >= 4 is 17.4 Å². The topological polar surface area (TPSA) is 108 Å². The van der Waals surface area contributed by atoms with Crippen LogP contribution in [0.4, 0.5) is 5.69 Å². The third-order valence-corrected chi connectivity index (χ3v) is 5.86. The number of allylic oxidation sites excluding steroid dienone is 3. The van der Waals surface area contributed by atoms with Crippen molar-refractivity contribution in [1.29, 1.82) is 0 Å². The minimum atomic E-state index is -0.605. The van der Waals surface area contributed by atoms with Crippen molar-refractivity contribution in [3.8, 4) is 0 Å². The number of nitro benzene ring substituents is 1. The summed E-state index contributed by atoms with van der Waals surface area (Å²) in [7, 11) is 0. The smallest absolute Gasteiger partial charge is 0.336 e. The van der Waals surface area contributed by atoms with Gasteiger partial charge in [-0.25, -0.2) is 4.79 Å². The molecule has 0 saturated carbocycles. The van der Waals surface area contributed by atoms with Crippen molar-refractivity contribution in [2.24, 2.45) is 0 Å². The number of nitrogens with zero attached hydrogens (tertiary/aromatic N) is 1. The molecule has 0 radical (unpaired) electrons. The summed E-state index contributed by atoms with van der Waals surface area (Å²) >= 11 is 0. The van der Waals surface area contributed by atoms with Gasteiger partial charge in [-0.15, -0.1) is 0 Å². The molecule has 0 aromatic heterocycles. The first-order valence-corrected chi connectivity index (χ1v) is 10.2. The Morgan fingerprint density at radius 3 is 2.70 bits per heavy atom. The molecule has 2 heterocycles. The first-order chi connectivity index (χ1) is 14.5. The first kappa shape index (κ1) is 20.3. The van der Waals surface area contributed by atoms with Crippen molar-refractivity contribution in [3.63, 3.8) is 0 Å². The van der Waals surface area contributed by atoms with E-state index in [2.05, 4.69) is 5.32 Å². The Labute approximate surface area is 174 Å². The molecule has 1 aromatic rings. The maximum absolute atomic E-state index is 13.1. The predicted octanol–water partition coefficient (Wildman–Crippen LogP) is 3.28. The lowest BCUT2D eigenvalue weighted by Crippen LogP contribution is -2.35. The largest absolute Gasteiger partial charge is 0.459 e. The zero-order valence-corrected chi connectivity index (χ0v) is 16.8. The highest BCUT2D eigenvalue weighted by atomic mass is 16.6. The van der Waals surface area contributed by atoms with Crippen LogP contribution >= 0.6 is 0 Å². The van der Waals surface area contributed by atoms with E-state index in [0.717, 1.165) is 31.4 Å². The maximum atomic E-state index is 13.1. The van der Waals surface area contributed by atoms with Gasteiger partial charge in [-0.1, -0.05) is 12.1 Å². The van der Waals surface area contributed by atoms with Crippen LogP contribution in [0.1, 0.15) is 50.5 Å². The molecule has 1 saturated heterocycles. The van der Waals surface area contributed by atoms with E-state index >= 15 is 0 Å². The fraction of sp³-hybridized carbons (Fsp3) is 0.455. The summed E-state index contributed by atoms with van der Waals surface area (Å²) in [4.78, 5) is 36.5. The number of dihydropyridines is 1. The summed E-state index contributed by atoms with van der Waals surface area (Å²) in [5.41, 5.74) is 3.01. The lowest BCUT2D eigenvalue weighted by atomic mass is 9.75. The van der Waals surface area contributed by atoms with E-state index in [0.29, 0.717) is 35.4 Å². The lowest BCUT2D eigenvalue weighted by molar-refractivity contribution is -0.384. The molecule has 1 fully saturated rings. The average Bonchev–Trinajstić information content (AvgIpc) is 3.25. The van der Waals surface area contributed by atoms with Gasteiger partial charge in [0.05, 0.1) is 16.6 Å². The summed E-state index contributed by atoms with van der Waals surface area (Å²) in [6.45, 7) is 2.63. The van der Waals surface area contributed by atoms with E-state index in [1.54, 1.807) is 19.1 Å². The van der Waals surface area contributed by atoms with E-state index in [4.69, 9.17) is 9.47 Å². The molecule has 1 aromatic carbocycles. The number of benzene rings is 1. The number of ketones is 1. The number of carbonyl (C=O) groups excluding carboxylic acids is 2. The number of non-ortho nitro benzene ring substituents is 1. The van der Waals surface area contributed by atoms with Gasteiger partial charge in [0.1, 0.15) is 6.61 Å². The number of ether oxygens (including phenoxy) is 2. The highest BCUT2D eigenvalue weighted by Gasteiger charge is 2.39. The normalized spacial score (nSPS) is 23.8. The summed E-state index contributed by atoms with van der Waals surface area (Å²) in [6.07, 6.45) is 3.59. The van der Waals surface area contributed by atoms with Crippen LogP contribution in [0.15, 0.2) is 46.8 Å². The van der Waals surface area contributed by atoms with Gasteiger partial charge in [0, 0.05) is 48.0 Å². The Bertz CT molecular complexity index is 941. The van der Waals surface area contributed by atoms with Gasteiger partial charge < -0.3 is 14.8 Å². The summed E-state index contributed by atoms with van der Waals surface area (Å²) in [6, 6.07) is 6.02. The van der Waals surface area contributed by atoms with Crippen LogP contribution in [0.3, 0.4) is 0 Å². The van der Waals surface area contributed by atoms with Crippen molar-refractivity contribution in [3.05, 3.63) is 62.5 Å². The maximum Gasteiger partial charge on any atom is 0.336 e. The van der Waals surface area contributed by atoms with Gasteiger partial charge in [0.2, 0.25) is 0 Å². The monoisotopic (exact) mass is 412 g/mol. The second kappa shape index (κ2) is 8.39. The fourth-order valence-electron chi connectivity index (χ4n) is 4.40. The highest BCUT2D eigenvalue weighted by Crippen LogP contribution is 2.42. The molecule has 8 heteroatoms. The Morgan fingerprint density at radius 2 is 2.03 bits per heavy atom. The molecule has 2 atom stereocenters. The molecule has 2 aliphatic heterocycles. The van der Waals surface area contributed by atoms with Crippen molar-refractivity contribution < 1.29 is 24.0 Å². The highest BCUT2D eigenvalue weighted by molar-refractivity contribution is 6.03. The molecule has 3 aliphatic rings. The van der Waals surface area contributed by atoms with E-state index < -0.39 is 16.8 Å². The van der Waals surface area contributed by atoms with Gasteiger partial charge in [0.15, 0.2) is 5.78 Å². The van der Waals surface area contributed by atoms with Crippen LogP contribution < -0.4 is 5.32 Å². The van der Waals surface area contributed by atoms with Gasteiger partial charge in [0.25, 0.3) is 5.69 Å². The molecule has 30 heavy (non-hydrogen) atoms. The van der Waals surface area contributed by atoms with Crippen LogP contribution in [-0.2, 0) is 19.1 Å². The second-order valence-corrected chi connectivity index (χ2v) is 7.85. The van der Waals surface area contributed by atoms with Crippen molar-refractivity contribution in [2.75, 3.05) is 13.2 Å². The fourth-order valence-corrected chi connectivity index (χ4v) is 4.40. The molecule has 8 nitrogen and oxygen atoms in total. The lowest BCUT2D eigenvalue weighted by Gasteiger charge is -2.34. The summed E-state index contributed by atoms with van der Waals surface area (Å²) < 4.78 is 11.1. The van der Waals surface area contributed by atoms with Gasteiger partial charge in [-0.2, -0.15) is 0 Å². The standard InChI is InChI=1S/C22H24N2O6/c1-13-19(22(26)30-12-16-4-3-11-29-16)20(14-7-9-15(10-8-14)24(27)28)21-17(23-13)5-2-6-18(21)25/h7-10,16,20,23H,2-6,11-12H2,1H3/t16-,20+/m1/s1. The Morgan fingerprint density at radius 1 is 1.27 bits per heavy atom. The van der Waals surface area contributed by atoms with Gasteiger partial charge >= 0.3 is 5.97 Å². The van der Waals surface area contributed by atoms with Crippen molar-refractivity contribution in [2.45, 2.75) is 51.0 Å². The molecule has 0 bridgehead atoms. The van der Waals surface area contributed by atoms with Crippen LogP contribution in [0.25, 0.3) is 0 Å². The zero-order valence-electron chi connectivity index (χ0n) is 16.8. The predicted molar refractivity (Wildman–Crippen MR) is 107 cm³/mol. The molecule has 1 aliphatic carbocycles. The number of hydrogen-bond donors (Lipinski definition) is 1. The minimum absolute atomic E-state index is 0.0102. The van der Waals surface area contributed by atoms with Crippen molar-refractivity contribution in [1.82, 2.24) is 5.32 Å². The SMILES string of the molecule is CC1=C(C(=O)OC[C@H]2CCCO2)[C@H](c2ccc([N+](=O)[O-])cc2)C2=C(CCCC2=O)N1. The molecular weight excluding hydrogens is 388 g/mol. The second-order valence-electron chi connectivity index (χ2n) is 7.85. The third kappa shape index (κ3) is 3.87. The van der Waals surface area contributed by atoms with Crippen LogP contribution in [0.2, 0.25) is 0 Å². The molecular formula is C22H24N2O6. The molecule has 0 amide bonds. The van der Waals surface area contributed by atoms with Gasteiger partial charge in [-0.05, 0) is 38.2 Å². The number of nitro groups is 1. The van der Waals surface area contributed by atoms with Crippen LogP contribution in [-0.4, -0.2) is 36.0 Å². The Kier molecular flexibility index (Phi) is 5.67. The zero-order chi connectivity index (χ0) is 21.3. The minimum Gasteiger partial charge on any atom is -0.459 e. The number of Topliss-reactive ketones (excluding diaryl/α,β-unsaturated/α-hetero) is 1. The van der Waals surface area contributed by atoms with Crippen LogP contribution in [0, 0.1) is 10.1 Å². The van der Waals surface area contributed by atoms with E-state index in [1.165, 1.54) is 12.1 Å². The first-order valence-electron chi connectivity index (χ1n) is 10.2. The number of rotatable bonds is 5. The number of hydrogen-bond acceptors (Lipinski definition) is 7. The molecule has 0 unspecified atom stereocenters. The van der Waals surface area contributed by atoms with Gasteiger partial charge in [-0.3, -0.25) is 14.9 Å². The Hall–Kier alpha value is -3.00. The Balaban J connectivity index is 1.69. The molecule has 158 valence electrons. The molecule has 0 spiro atoms. The number of carbonyl (C=O) groups is 2.